The van der Waals surface area contributed by atoms with Crippen LogP contribution in [0.25, 0.3) is 0 Å². The minimum absolute atomic E-state index is 0.627. The van der Waals surface area contributed by atoms with Crippen LogP contribution >= 0.6 is 0 Å². The SMILES string of the molecule is CNC1CCN(C2CC(C)(C)C2)C1. The number of rotatable bonds is 2. The maximum atomic E-state index is 3.38. The number of likely N-dealkylation sites (N-methyl/N-ethyl adjacent to an activating group) is 1. The highest BCUT2D eigenvalue weighted by molar-refractivity contribution is 4.96. The van der Waals surface area contributed by atoms with Crippen LogP contribution in [0.15, 0.2) is 0 Å². The van der Waals surface area contributed by atoms with E-state index in [4.69, 9.17) is 0 Å². The summed E-state index contributed by atoms with van der Waals surface area (Å²) in [5.41, 5.74) is 0.627. The lowest BCUT2D eigenvalue weighted by Crippen LogP contribution is -2.48. The minimum atomic E-state index is 0.627. The van der Waals surface area contributed by atoms with Crippen LogP contribution in [0.1, 0.15) is 33.1 Å². The lowest BCUT2D eigenvalue weighted by molar-refractivity contribution is 0.0393. The summed E-state index contributed by atoms with van der Waals surface area (Å²) in [6.07, 6.45) is 4.15. The van der Waals surface area contributed by atoms with Gasteiger partial charge in [-0.1, -0.05) is 13.8 Å². The van der Waals surface area contributed by atoms with E-state index in [-0.39, 0.29) is 0 Å². The summed E-state index contributed by atoms with van der Waals surface area (Å²) in [5, 5.41) is 3.38. The predicted octanol–water partition coefficient (Wildman–Crippen LogP) is 1.47. The van der Waals surface area contributed by atoms with Crippen molar-refractivity contribution in [2.75, 3.05) is 20.1 Å². The normalized spacial score (nSPS) is 34.8. The summed E-state index contributed by atoms with van der Waals surface area (Å²) in [4.78, 5) is 2.67. The van der Waals surface area contributed by atoms with Crippen LogP contribution < -0.4 is 5.32 Å². The zero-order valence-corrected chi connectivity index (χ0v) is 9.14. The van der Waals surface area contributed by atoms with Crippen molar-refractivity contribution < 1.29 is 0 Å². The standard InChI is InChI=1S/C11H22N2/c1-11(2)6-10(7-11)13-5-4-9(8-13)12-3/h9-10,12H,4-8H2,1-3H3. The Kier molecular flexibility index (Phi) is 2.37. The highest BCUT2D eigenvalue weighted by atomic mass is 15.2. The van der Waals surface area contributed by atoms with Gasteiger partial charge < -0.3 is 5.32 Å². The largest absolute Gasteiger partial charge is 0.316 e. The van der Waals surface area contributed by atoms with E-state index in [9.17, 15) is 0 Å². The van der Waals surface area contributed by atoms with Gasteiger partial charge >= 0.3 is 0 Å². The lowest BCUT2D eigenvalue weighted by atomic mass is 9.68. The molecule has 1 atom stereocenters. The van der Waals surface area contributed by atoms with E-state index in [1.54, 1.807) is 0 Å². The lowest BCUT2D eigenvalue weighted by Gasteiger charge is -2.47. The number of hydrogen-bond acceptors (Lipinski definition) is 2. The molecule has 1 aliphatic carbocycles. The van der Waals surface area contributed by atoms with E-state index >= 15 is 0 Å². The van der Waals surface area contributed by atoms with Crippen LogP contribution in [0.4, 0.5) is 0 Å². The van der Waals surface area contributed by atoms with Crippen molar-refractivity contribution in [3.8, 4) is 0 Å². The fraction of sp³-hybridized carbons (Fsp3) is 1.00. The minimum Gasteiger partial charge on any atom is -0.316 e. The molecule has 13 heavy (non-hydrogen) atoms. The Labute approximate surface area is 81.7 Å². The number of hydrogen-bond donors (Lipinski definition) is 1. The Morgan fingerprint density at radius 1 is 1.31 bits per heavy atom. The predicted molar refractivity (Wildman–Crippen MR) is 55.8 cm³/mol. The van der Waals surface area contributed by atoms with Crippen LogP contribution in [0, 0.1) is 5.41 Å². The second-order valence-electron chi connectivity index (χ2n) is 5.50. The van der Waals surface area contributed by atoms with Crippen molar-refractivity contribution in [1.29, 1.82) is 0 Å². The molecule has 0 amide bonds. The van der Waals surface area contributed by atoms with Gasteiger partial charge in [0.1, 0.15) is 0 Å². The average Bonchev–Trinajstić information content (AvgIpc) is 2.47. The van der Waals surface area contributed by atoms with Gasteiger partial charge in [0.05, 0.1) is 0 Å². The van der Waals surface area contributed by atoms with E-state index in [0.29, 0.717) is 5.41 Å². The van der Waals surface area contributed by atoms with Gasteiger partial charge in [0.15, 0.2) is 0 Å². The topological polar surface area (TPSA) is 15.3 Å². The fourth-order valence-corrected chi connectivity index (χ4v) is 2.83. The molecule has 1 saturated carbocycles. The molecule has 0 bridgehead atoms. The first-order valence-electron chi connectivity index (χ1n) is 5.52. The van der Waals surface area contributed by atoms with Gasteiger partial charge in [0.25, 0.3) is 0 Å². The molecule has 1 aliphatic heterocycles. The highest BCUT2D eigenvalue weighted by Crippen LogP contribution is 2.43. The van der Waals surface area contributed by atoms with Gasteiger partial charge in [-0.2, -0.15) is 0 Å². The average molecular weight is 182 g/mol. The third kappa shape index (κ3) is 1.89. The van der Waals surface area contributed by atoms with E-state index < -0.39 is 0 Å². The summed E-state index contributed by atoms with van der Waals surface area (Å²) in [5.74, 6) is 0. The number of nitrogens with zero attached hydrogens (tertiary/aromatic N) is 1. The molecule has 1 saturated heterocycles. The van der Waals surface area contributed by atoms with Crippen molar-refractivity contribution >= 4 is 0 Å². The Balaban J connectivity index is 1.79. The molecule has 2 fully saturated rings. The van der Waals surface area contributed by atoms with E-state index in [0.717, 1.165) is 12.1 Å². The monoisotopic (exact) mass is 182 g/mol. The second kappa shape index (κ2) is 3.25. The van der Waals surface area contributed by atoms with Gasteiger partial charge in [0.2, 0.25) is 0 Å². The van der Waals surface area contributed by atoms with Crippen molar-refractivity contribution in [3.63, 3.8) is 0 Å². The molecule has 2 nitrogen and oxygen atoms in total. The maximum Gasteiger partial charge on any atom is 0.0204 e. The van der Waals surface area contributed by atoms with Gasteiger partial charge in [-0.3, -0.25) is 4.90 Å². The molecule has 0 aromatic heterocycles. The third-order valence-corrected chi connectivity index (χ3v) is 3.72. The Morgan fingerprint density at radius 3 is 2.46 bits per heavy atom. The quantitative estimate of drug-likeness (QED) is 0.695. The zero-order valence-electron chi connectivity index (χ0n) is 9.14. The summed E-state index contributed by atoms with van der Waals surface area (Å²) in [7, 11) is 2.08. The first-order chi connectivity index (χ1) is 6.11. The summed E-state index contributed by atoms with van der Waals surface area (Å²) < 4.78 is 0. The molecular weight excluding hydrogens is 160 g/mol. The van der Waals surface area contributed by atoms with E-state index in [1.807, 2.05) is 0 Å². The van der Waals surface area contributed by atoms with Crippen molar-refractivity contribution in [2.24, 2.45) is 5.41 Å². The summed E-state index contributed by atoms with van der Waals surface area (Å²) >= 11 is 0. The van der Waals surface area contributed by atoms with E-state index in [2.05, 4.69) is 31.1 Å². The third-order valence-electron chi connectivity index (χ3n) is 3.72. The van der Waals surface area contributed by atoms with Gasteiger partial charge in [-0.05, 0) is 31.7 Å². The van der Waals surface area contributed by atoms with Crippen molar-refractivity contribution in [2.45, 2.75) is 45.2 Å². The van der Waals surface area contributed by atoms with Crippen molar-refractivity contribution in [1.82, 2.24) is 10.2 Å². The first-order valence-corrected chi connectivity index (χ1v) is 5.52. The van der Waals surface area contributed by atoms with E-state index in [1.165, 1.54) is 32.4 Å². The molecule has 0 aromatic carbocycles. The molecule has 2 rings (SSSR count). The first kappa shape index (κ1) is 9.47. The smallest absolute Gasteiger partial charge is 0.0204 e. The van der Waals surface area contributed by atoms with Crippen molar-refractivity contribution in [3.05, 3.63) is 0 Å². The highest BCUT2D eigenvalue weighted by Gasteiger charge is 2.41. The maximum absolute atomic E-state index is 3.38. The molecule has 1 unspecified atom stereocenters. The van der Waals surface area contributed by atoms with Crippen LogP contribution in [0.5, 0.6) is 0 Å². The molecule has 0 radical (unpaired) electrons. The molecule has 2 aliphatic rings. The van der Waals surface area contributed by atoms with Crippen LogP contribution in [-0.4, -0.2) is 37.1 Å². The molecule has 76 valence electrons. The molecule has 0 spiro atoms. The molecule has 1 heterocycles. The fourth-order valence-electron chi connectivity index (χ4n) is 2.83. The summed E-state index contributed by atoms with van der Waals surface area (Å²) in [6.45, 7) is 7.35. The Bertz CT molecular complexity index is 181. The zero-order chi connectivity index (χ0) is 9.47. The molecule has 1 N–H and O–H groups in total. The van der Waals surface area contributed by atoms with Crippen LogP contribution in [0.3, 0.4) is 0 Å². The Hall–Kier alpha value is -0.0800. The summed E-state index contributed by atoms with van der Waals surface area (Å²) in [6, 6.07) is 1.65. The van der Waals surface area contributed by atoms with Gasteiger partial charge in [-0.25, -0.2) is 0 Å². The molecule has 2 heteroatoms. The van der Waals surface area contributed by atoms with Gasteiger partial charge in [-0.15, -0.1) is 0 Å². The number of nitrogens with one attached hydrogen (secondary N) is 1. The van der Waals surface area contributed by atoms with Crippen LogP contribution in [0.2, 0.25) is 0 Å². The molecule has 0 aromatic rings. The number of likely N-dealkylation sites (tertiary alicyclic amines) is 1. The van der Waals surface area contributed by atoms with Crippen LogP contribution in [-0.2, 0) is 0 Å². The van der Waals surface area contributed by atoms with Gasteiger partial charge in [0, 0.05) is 25.2 Å². The second-order valence-corrected chi connectivity index (χ2v) is 5.50. The molecular formula is C11H22N2. The Morgan fingerprint density at radius 2 is 2.00 bits per heavy atom.